The number of hydrogen-bond acceptors (Lipinski definition) is 1. The van der Waals surface area contributed by atoms with Gasteiger partial charge in [-0.25, -0.2) is 0 Å². The summed E-state index contributed by atoms with van der Waals surface area (Å²) in [6.45, 7) is 13.0. The van der Waals surface area contributed by atoms with Crippen LogP contribution in [0, 0.1) is 0 Å². The van der Waals surface area contributed by atoms with Crippen LogP contribution in [-0.2, 0) is 0 Å². The van der Waals surface area contributed by atoms with E-state index in [0.29, 0.717) is 0 Å². The highest BCUT2D eigenvalue weighted by molar-refractivity contribution is 6.69. The highest BCUT2D eigenvalue weighted by atomic mass is 28.3. The van der Waals surface area contributed by atoms with Crippen molar-refractivity contribution in [1.29, 1.82) is 0 Å². The molecule has 0 atom stereocenters. The molecule has 0 saturated heterocycles. The van der Waals surface area contributed by atoms with Crippen LogP contribution in [0.4, 0.5) is 0 Å². The molecule has 9 heavy (non-hydrogen) atoms. The summed E-state index contributed by atoms with van der Waals surface area (Å²) in [6.07, 6.45) is 0. The third-order valence-corrected chi connectivity index (χ3v) is 6.87. The maximum atomic E-state index is 2.66. The quantitative estimate of drug-likeness (QED) is 0.568. The molecule has 0 N–H and O–H groups in total. The van der Waals surface area contributed by atoms with Crippen molar-refractivity contribution < 1.29 is 0 Å². The Morgan fingerprint density at radius 2 is 1.33 bits per heavy atom. The smallest absolute Gasteiger partial charge is 0.122 e. The predicted octanol–water partition coefficient (Wildman–Crippen LogP) is 1.81. The Kier molecular flexibility index (Phi) is 4.43. The zero-order valence-electron chi connectivity index (χ0n) is 7.15. The van der Waals surface area contributed by atoms with E-state index >= 15 is 0 Å². The van der Waals surface area contributed by atoms with Crippen molar-refractivity contribution in [1.82, 2.24) is 4.23 Å². The lowest BCUT2D eigenvalue weighted by molar-refractivity contribution is 0.688. The normalized spacial score (nSPS) is 12.0. The van der Waals surface area contributed by atoms with Gasteiger partial charge >= 0.3 is 0 Å². The van der Waals surface area contributed by atoms with Gasteiger partial charge in [-0.05, 0) is 6.54 Å². The van der Waals surface area contributed by atoms with E-state index in [9.17, 15) is 0 Å². The van der Waals surface area contributed by atoms with Gasteiger partial charge in [0.25, 0.3) is 0 Å². The summed E-state index contributed by atoms with van der Waals surface area (Å²) in [5, 5.41) is 0. The second-order valence-corrected chi connectivity index (χ2v) is 7.95. The van der Waals surface area contributed by atoms with Gasteiger partial charge in [-0.15, -0.1) is 0 Å². The fourth-order valence-corrected chi connectivity index (χ4v) is 5.92. The second-order valence-electron chi connectivity index (χ2n) is 2.64. The highest BCUT2D eigenvalue weighted by Gasteiger charge is 2.12. The van der Waals surface area contributed by atoms with E-state index in [0.717, 1.165) is 0 Å². The monoisotopic (exact) mass is 159 g/mol. The van der Waals surface area contributed by atoms with Crippen molar-refractivity contribution >= 4 is 17.9 Å². The summed E-state index contributed by atoms with van der Waals surface area (Å²) < 4.78 is 2.66. The molecule has 0 saturated carbocycles. The van der Waals surface area contributed by atoms with Crippen LogP contribution >= 0.6 is 0 Å². The van der Waals surface area contributed by atoms with Crippen LogP contribution in [0.15, 0.2) is 0 Å². The van der Waals surface area contributed by atoms with Gasteiger partial charge in [0, 0.05) is 0 Å². The van der Waals surface area contributed by atoms with Gasteiger partial charge in [-0.3, -0.25) is 0 Å². The molecule has 0 bridgehead atoms. The number of nitrogens with zero attached hydrogens (tertiary/aromatic N) is 1. The van der Waals surface area contributed by atoms with Gasteiger partial charge in [-0.2, -0.15) is 0 Å². The number of hydrogen-bond donors (Lipinski definition) is 0. The molecule has 0 amide bonds. The molecular weight excluding hydrogens is 142 g/mol. The van der Waals surface area contributed by atoms with Crippen molar-refractivity contribution in [3.05, 3.63) is 0 Å². The van der Waals surface area contributed by atoms with Gasteiger partial charge < -0.3 is 4.23 Å². The Hall–Kier alpha value is 0.394. The van der Waals surface area contributed by atoms with Crippen molar-refractivity contribution in [3.8, 4) is 0 Å². The van der Waals surface area contributed by atoms with Crippen molar-refractivity contribution in [2.75, 3.05) is 6.54 Å². The van der Waals surface area contributed by atoms with Crippen LogP contribution < -0.4 is 0 Å². The first kappa shape index (κ1) is 9.39. The minimum atomic E-state index is -0.145. The van der Waals surface area contributed by atoms with E-state index in [1.54, 1.807) is 0 Å². The molecule has 0 spiro atoms. The molecule has 54 valence electrons. The van der Waals surface area contributed by atoms with Gasteiger partial charge in [-0.1, -0.05) is 33.1 Å². The fraction of sp³-hybridized carbons (Fsp3) is 1.00. The molecule has 2 radical (unpaired) electrons. The molecule has 0 rings (SSSR count). The second kappa shape index (κ2) is 4.25. The van der Waals surface area contributed by atoms with E-state index in [1.165, 1.54) is 6.54 Å². The topological polar surface area (TPSA) is 3.24 Å². The molecule has 0 aromatic carbocycles. The Labute approximate surface area is 62.4 Å². The lowest BCUT2D eigenvalue weighted by atomic mass is 10.8. The zero-order chi connectivity index (χ0) is 7.44. The zero-order valence-corrected chi connectivity index (χ0v) is 9.15. The third kappa shape index (κ3) is 3.18. The minimum Gasteiger partial charge on any atom is -0.348 e. The standard InChI is InChI=1S/C6H17NSi2/c1-6-7(8(2)3)9(4)5/h6H2,1-5H3. The lowest BCUT2D eigenvalue weighted by Gasteiger charge is -2.26. The highest BCUT2D eigenvalue weighted by Crippen LogP contribution is 1.97. The fourth-order valence-electron chi connectivity index (χ4n) is 1.08. The van der Waals surface area contributed by atoms with E-state index in [2.05, 4.69) is 37.3 Å². The average Bonchev–Trinajstić information content (AvgIpc) is 1.64. The first-order valence-electron chi connectivity index (χ1n) is 3.47. The molecule has 3 heteroatoms. The molecule has 1 nitrogen and oxygen atoms in total. The van der Waals surface area contributed by atoms with Gasteiger partial charge in [0.15, 0.2) is 0 Å². The molecule has 0 aliphatic heterocycles. The number of rotatable bonds is 3. The van der Waals surface area contributed by atoms with Crippen LogP contribution in [0.2, 0.25) is 26.2 Å². The summed E-state index contributed by atoms with van der Waals surface area (Å²) in [7, 11) is -0.290. The minimum absolute atomic E-state index is 0.145. The van der Waals surface area contributed by atoms with Crippen molar-refractivity contribution in [2.24, 2.45) is 0 Å². The van der Waals surface area contributed by atoms with Gasteiger partial charge in [0.1, 0.15) is 17.9 Å². The summed E-state index contributed by atoms with van der Waals surface area (Å²) in [4.78, 5) is 0. The molecule has 0 unspecified atom stereocenters. The molecule has 0 fully saturated rings. The Morgan fingerprint density at radius 3 is 1.33 bits per heavy atom. The van der Waals surface area contributed by atoms with Crippen LogP contribution in [0.25, 0.3) is 0 Å². The molecule has 0 aromatic rings. The molecule has 0 heterocycles. The summed E-state index contributed by atoms with van der Waals surface area (Å²) in [6, 6.07) is 0. The van der Waals surface area contributed by atoms with Crippen molar-refractivity contribution in [2.45, 2.75) is 33.1 Å². The summed E-state index contributed by atoms with van der Waals surface area (Å²) in [5.74, 6) is 0. The largest absolute Gasteiger partial charge is 0.348 e. The van der Waals surface area contributed by atoms with Crippen LogP contribution in [0.3, 0.4) is 0 Å². The maximum Gasteiger partial charge on any atom is 0.122 e. The molecule has 0 aliphatic carbocycles. The lowest BCUT2D eigenvalue weighted by Crippen LogP contribution is -2.42. The maximum absolute atomic E-state index is 2.66. The van der Waals surface area contributed by atoms with Crippen LogP contribution in [0.1, 0.15) is 6.92 Å². The van der Waals surface area contributed by atoms with Gasteiger partial charge in [0.2, 0.25) is 0 Å². The van der Waals surface area contributed by atoms with E-state index in [4.69, 9.17) is 0 Å². The Balaban J connectivity index is 3.68. The molecular formula is C6H17NSi2. The van der Waals surface area contributed by atoms with Crippen LogP contribution in [-0.4, -0.2) is 28.7 Å². The summed E-state index contributed by atoms with van der Waals surface area (Å²) >= 11 is 0. The van der Waals surface area contributed by atoms with E-state index < -0.39 is 0 Å². The molecule has 0 aliphatic rings. The van der Waals surface area contributed by atoms with Crippen molar-refractivity contribution in [3.63, 3.8) is 0 Å². The van der Waals surface area contributed by atoms with E-state index in [-0.39, 0.29) is 17.9 Å². The first-order valence-corrected chi connectivity index (χ1v) is 8.36. The average molecular weight is 159 g/mol. The summed E-state index contributed by atoms with van der Waals surface area (Å²) in [5.41, 5.74) is 0. The third-order valence-electron chi connectivity index (χ3n) is 1.40. The van der Waals surface area contributed by atoms with Crippen LogP contribution in [0.5, 0.6) is 0 Å². The predicted molar refractivity (Wildman–Crippen MR) is 47.3 cm³/mol. The Morgan fingerprint density at radius 1 is 1.00 bits per heavy atom. The Bertz CT molecular complexity index is 65.5. The SMILES string of the molecule is CCN([Si](C)C)[Si](C)C. The molecule has 0 aromatic heterocycles. The first-order chi connectivity index (χ1) is 4.09. The van der Waals surface area contributed by atoms with Gasteiger partial charge in [0.05, 0.1) is 0 Å². The van der Waals surface area contributed by atoms with E-state index in [1.807, 2.05) is 0 Å².